The molecule has 0 saturated carbocycles. The molecule has 0 amide bonds. The molecule has 0 unspecified atom stereocenters. The van der Waals surface area contributed by atoms with E-state index in [1.165, 1.54) is 11.6 Å². The molecule has 0 N–H and O–H groups in total. The Hall–Kier alpha value is -2.40. The average Bonchev–Trinajstić information content (AvgIpc) is 3.13. The molecule has 0 saturated heterocycles. The predicted octanol–water partition coefficient (Wildman–Crippen LogP) is 8.58. The Morgan fingerprint density at radius 2 is 1.98 bits per heavy atom. The summed E-state index contributed by atoms with van der Waals surface area (Å²) in [4.78, 5) is 22.2. The van der Waals surface area contributed by atoms with Crippen molar-refractivity contribution in [2.75, 3.05) is 0 Å². The Labute approximate surface area is 261 Å². The van der Waals surface area contributed by atoms with Crippen LogP contribution < -0.4 is 4.74 Å². The van der Waals surface area contributed by atoms with Gasteiger partial charge in [-0.25, -0.2) is 29.3 Å². The average molecular weight is 792 g/mol. The summed E-state index contributed by atoms with van der Waals surface area (Å²) in [7, 11) is 0. The van der Waals surface area contributed by atoms with Gasteiger partial charge in [0.2, 0.25) is 0 Å². The fourth-order valence-corrected chi connectivity index (χ4v) is 7.27. The lowest BCUT2D eigenvalue weighted by atomic mass is 9.95. The van der Waals surface area contributed by atoms with Gasteiger partial charge in [-0.1, -0.05) is 6.07 Å². The zero-order chi connectivity index (χ0) is 27.8. The minimum absolute atomic E-state index is 0.0572. The van der Waals surface area contributed by atoms with Gasteiger partial charge in [-0.3, -0.25) is 0 Å². The SMILES string of the molecule is Cc1ccnc(Oc2ccc(-c3c4n(c5ncnc(C)c35)CCCc3cc(C#CSP(I)I)ncc3-4)cc2F)n1. The minimum Gasteiger partial charge on any atom is -0.421 e. The maximum Gasteiger partial charge on any atom is 0.322 e. The number of benzene rings is 1. The van der Waals surface area contributed by atoms with E-state index in [0.29, 0.717) is 5.56 Å². The first-order chi connectivity index (χ1) is 19.4. The zero-order valence-corrected chi connectivity index (χ0v) is 27.3. The van der Waals surface area contributed by atoms with Crippen LogP contribution in [-0.2, 0) is 13.0 Å². The first kappa shape index (κ1) is 27.8. The van der Waals surface area contributed by atoms with Crippen LogP contribution in [0, 0.1) is 30.8 Å². The van der Waals surface area contributed by atoms with Crippen LogP contribution in [0.15, 0.2) is 49.1 Å². The lowest BCUT2D eigenvalue weighted by Gasteiger charge is -2.12. The highest BCUT2D eigenvalue weighted by Gasteiger charge is 2.27. The molecule has 12 heteroatoms. The van der Waals surface area contributed by atoms with Gasteiger partial charge in [-0.2, -0.15) is 0 Å². The van der Waals surface area contributed by atoms with E-state index >= 15 is 4.39 Å². The van der Waals surface area contributed by atoms with Crippen LogP contribution in [-0.4, -0.2) is 29.5 Å². The van der Waals surface area contributed by atoms with Crippen molar-refractivity contribution in [3.8, 4) is 45.3 Å². The van der Waals surface area contributed by atoms with E-state index in [2.05, 4.69) is 85.8 Å². The van der Waals surface area contributed by atoms with E-state index < -0.39 is 5.82 Å². The molecule has 1 aromatic carbocycles. The van der Waals surface area contributed by atoms with Crippen molar-refractivity contribution >= 4 is 68.9 Å². The van der Waals surface area contributed by atoms with E-state index in [-0.39, 0.29) is 14.2 Å². The number of pyridine rings is 1. The lowest BCUT2D eigenvalue weighted by Crippen LogP contribution is -2.00. The van der Waals surface area contributed by atoms with Crippen LogP contribution in [0.1, 0.15) is 29.1 Å². The molecule has 0 radical (unpaired) electrons. The van der Waals surface area contributed by atoms with Crippen LogP contribution in [0.2, 0.25) is 0 Å². The quantitative estimate of drug-likeness (QED) is 0.103. The van der Waals surface area contributed by atoms with Crippen molar-refractivity contribution in [1.82, 2.24) is 29.5 Å². The second-order valence-electron chi connectivity index (χ2n) is 9.11. The van der Waals surface area contributed by atoms with Crippen molar-refractivity contribution in [3.05, 3.63) is 77.5 Å². The third-order valence-electron chi connectivity index (χ3n) is 6.59. The highest BCUT2D eigenvalue weighted by Crippen LogP contribution is 2.64. The Morgan fingerprint density at radius 1 is 1.10 bits per heavy atom. The molecule has 0 spiro atoms. The normalized spacial score (nSPS) is 12.4. The maximum absolute atomic E-state index is 15.5. The smallest absolute Gasteiger partial charge is 0.322 e. The molecule has 0 fully saturated rings. The van der Waals surface area contributed by atoms with Gasteiger partial charge in [0.1, 0.15) is 17.7 Å². The van der Waals surface area contributed by atoms with Crippen LogP contribution in [0.3, 0.4) is 0 Å². The van der Waals surface area contributed by atoms with E-state index in [4.69, 9.17) is 9.72 Å². The van der Waals surface area contributed by atoms with Gasteiger partial charge in [0.15, 0.2) is 11.6 Å². The number of halogens is 3. The molecule has 7 nitrogen and oxygen atoms in total. The predicted molar refractivity (Wildman–Crippen MR) is 175 cm³/mol. The molecule has 4 aromatic heterocycles. The molecule has 40 heavy (non-hydrogen) atoms. The van der Waals surface area contributed by atoms with Gasteiger partial charge in [-0.05, 0) is 129 Å². The van der Waals surface area contributed by atoms with Crippen molar-refractivity contribution in [2.45, 2.75) is 33.2 Å². The first-order valence-electron chi connectivity index (χ1n) is 12.3. The Bertz CT molecular complexity index is 1840. The van der Waals surface area contributed by atoms with Gasteiger partial charge in [0.05, 0.1) is 13.8 Å². The molecule has 1 aliphatic heterocycles. The van der Waals surface area contributed by atoms with Crippen LogP contribution in [0.25, 0.3) is 33.4 Å². The summed E-state index contributed by atoms with van der Waals surface area (Å²) in [6.07, 6.45) is 6.88. The van der Waals surface area contributed by atoms with Crippen molar-refractivity contribution in [3.63, 3.8) is 0 Å². The first-order valence-corrected chi connectivity index (χ1v) is 20.6. The van der Waals surface area contributed by atoms with Crippen LogP contribution >= 0.6 is 57.9 Å². The number of hydrogen-bond acceptors (Lipinski definition) is 7. The molecule has 0 atom stereocenters. The summed E-state index contributed by atoms with van der Waals surface area (Å²) in [6.45, 7) is 4.56. The Balaban J connectivity index is 1.50. The van der Waals surface area contributed by atoms with Crippen molar-refractivity contribution < 1.29 is 9.13 Å². The molecule has 1 aliphatic rings. The summed E-state index contributed by atoms with van der Waals surface area (Å²) in [6, 6.07) is 8.91. The van der Waals surface area contributed by atoms with Gasteiger partial charge in [0, 0.05) is 41.1 Å². The molecule has 5 aromatic rings. The minimum atomic E-state index is -0.509. The third kappa shape index (κ3) is 5.55. The second-order valence-corrected chi connectivity index (χ2v) is 26.8. The number of aryl methyl sites for hydroxylation is 4. The number of nitrogens with zero attached hydrogens (tertiary/aromatic N) is 6. The van der Waals surface area contributed by atoms with Crippen molar-refractivity contribution in [1.29, 1.82) is 0 Å². The standard InChI is InChI=1S/C28H20FI2N6OPS/c1-16-7-9-32-28(36-16)38-23-6-5-19(13-22(23)29)25-24-17(2)34-15-35-27(24)37-10-3-4-18-12-20(8-11-40-39(30)31)33-14-21(18)26(25)37/h5-7,9,12-15H,3-4,10H2,1-2H3. The molecule has 6 rings (SSSR count). The molecule has 200 valence electrons. The number of fused-ring (bicyclic) bond motifs is 5. The largest absolute Gasteiger partial charge is 0.421 e. The Kier molecular flexibility index (Phi) is 8.21. The second kappa shape index (κ2) is 11.8. The molecular formula is C28H20FI2N6OPS. The lowest BCUT2D eigenvalue weighted by molar-refractivity contribution is 0.410. The maximum atomic E-state index is 15.5. The molecule has 0 aliphatic carbocycles. The van der Waals surface area contributed by atoms with Crippen molar-refractivity contribution in [2.24, 2.45) is 0 Å². The van der Waals surface area contributed by atoms with Gasteiger partial charge in [0.25, 0.3) is 0 Å². The molecule has 5 heterocycles. The van der Waals surface area contributed by atoms with E-state index in [1.807, 2.05) is 26.1 Å². The van der Waals surface area contributed by atoms with Gasteiger partial charge < -0.3 is 9.30 Å². The summed E-state index contributed by atoms with van der Waals surface area (Å²) < 4.78 is 23.2. The van der Waals surface area contributed by atoms with Crippen LogP contribution in [0.5, 0.6) is 11.8 Å². The summed E-state index contributed by atoms with van der Waals surface area (Å²) in [5, 5.41) is 4.07. The monoisotopic (exact) mass is 792 g/mol. The molecular weight excluding hydrogens is 772 g/mol. The summed E-state index contributed by atoms with van der Waals surface area (Å²) in [5.74, 6) is 2.74. The number of ether oxygens (including phenoxy) is 1. The number of aromatic nitrogens is 6. The van der Waals surface area contributed by atoms with E-state index in [0.717, 1.165) is 64.3 Å². The van der Waals surface area contributed by atoms with E-state index in [9.17, 15) is 0 Å². The third-order valence-corrected chi connectivity index (χ3v) is 11.2. The van der Waals surface area contributed by atoms with E-state index in [1.54, 1.807) is 36.0 Å². The Morgan fingerprint density at radius 3 is 2.77 bits per heavy atom. The zero-order valence-electron chi connectivity index (χ0n) is 21.3. The number of hydrogen-bond donors (Lipinski definition) is 0. The fourth-order valence-electron chi connectivity index (χ4n) is 4.93. The molecule has 0 bridgehead atoms. The highest BCUT2D eigenvalue weighted by molar-refractivity contribution is 14.3. The number of rotatable bonds is 4. The topological polar surface area (TPSA) is 78.6 Å². The fraction of sp³-hybridized carbons (Fsp3) is 0.179. The summed E-state index contributed by atoms with van der Waals surface area (Å²) in [5.41, 5.74) is 7.87. The van der Waals surface area contributed by atoms with Gasteiger partial charge in [-0.15, -0.1) is 0 Å². The van der Waals surface area contributed by atoms with Gasteiger partial charge >= 0.3 is 6.01 Å². The highest BCUT2D eigenvalue weighted by atomic mass is 127. The van der Waals surface area contributed by atoms with Crippen LogP contribution in [0.4, 0.5) is 4.39 Å². The summed E-state index contributed by atoms with van der Waals surface area (Å²) >= 11 is 6.41.